The van der Waals surface area contributed by atoms with E-state index in [4.69, 9.17) is 14.4 Å². The number of nitrogens with zero attached hydrogens (tertiary/aromatic N) is 3. The van der Waals surface area contributed by atoms with Crippen molar-refractivity contribution in [1.29, 1.82) is 0 Å². The molecule has 6 heteroatoms. The maximum absolute atomic E-state index is 11.0. The van der Waals surface area contributed by atoms with E-state index in [2.05, 4.69) is 128 Å². The van der Waals surface area contributed by atoms with Crippen LogP contribution in [0.25, 0.3) is 83.2 Å². The zero-order valence-electron chi connectivity index (χ0n) is 30.1. The Hall–Kier alpha value is -6.29. The molecule has 0 fully saturated rings. The van der Waals surface area contributed by atoms with Crippen LogP contribution in [0.2, 0.25) is 0 Å². The topological polar surface area (TPSA) is 64.1 Å². The molecular weight excluding hydrogens is 858 g/mol. The Balaban J connectivity index is 0.00000397. The van der Waals surface area contributed by atoms with Gasteiger partial charge in [-0.1, -0.05) is 122 Å². The normalized spacial score (nSPS) is 11.7. The van der Waals surface area contributed by atoms with Crippen LogP contribution in [-0.4, -0.2) is 19.6 Å². The first kappa shape index (κ1) is 34.5. The van der Waals surface area contributed by atoms with Crippen LogP contribution >= 0.6 is 0 Å². The average Bonchev–Trinajstić information content (AvgIpc) is 3.78. The predicted molar refractivity (Wildman–Crippen MR) is 219 cm³/mol. The summed E-state index contributed by atoms with van der Waals surface area (Å²) in [7, 11) is 0. The first-order valence-corrected chi connectivity index (χ1v) is 18.1. The van der Waals surface area contributed by atoms with Gasteiger partial charge in [-0.2, -0.15) is 0 Å². The van der Waals surface area contributed by atoms with E-state index >= 15 is 0 Å². The number of hydrogen-bond acceptors (Lipinski definition) is 4. The van der Waals surface area contributed by atoms with Crippen molar-refractivity contribution in [2.75, 3.05) is 0 Å². The van der Waals surface area contributed by atoms with Gasteiger partial charge < -0.3 is 9.52 Å². The van der Waals surface area contributed by atoms with E-state index in [1.54, 1.807) is 6.07 Å². The number of furan rings is 1. The second-order valence-electron chi connectivity index (χ2n) is 14.3. The smallest absolute Gasteiger partial charge is 0.148 e. The number of aromatic nitrogens is 3. The molecule has 0 bridgehead atoms. The minimum Gasteiger partial charge on any atom is -0.507 e. The predicted octanol–water partition coefficient (Wildman–Crippen LogP) is 12.3. The largest absolute Gasteiger partial charge is 0.507 e. The minimum atomic E-state index is -0.346. The number of pyridine rings is 1. The molecule has 0 amide bonds. The SMILES string of the molecule is CC(C)(c1ccccc1)c1cc(-c2cc3oc4cc5ccccc5cc4c3cn2)[c-]c(-c2cccc3c2nc(-c2ccccc2O)n3-c2ccccc2)c1.[Pt]. The quantitative estimate of drug-likeness (QED) is 0.169. The van der Waals surface area contributed by atoms with Gasteiger partial charge in [0.15, 0.2) is 0 Å². The molecule has 10 aromatic rings. The van der Waals surface area contributed by atoms with Crippen molar-refractivity contribution >= 4 is 43.7 Å². The van der Waals surface area contributed by atoms with Crippen LogP contribution in [0.5, 0.6) is 5.75 Å². The van der Waals surface area contributed by atoms with Crippen LogP contribution in [-0.2, 0) is 26.5 Å². The van der Waals surface area contributed by atoms with Crippen molar-refractivity contribution in [2.24, 2.45) is 0 Å². The Morgan fingerprint density at radius 2 is 1.27 bits per heavy atom. The van der Waals surface area contributed by atoms with Gasteiger partial charge in [0.1, 0.15) is 22.7 Å². The summed E-state index contributed by atoms with van der Waals surface area (Å²) in [6.07, 6.45) is 1.93. The summed E-state index contributed by atoms with van der Waals surface area (Å²) in [4.78, 5) is 10.3. The van der Waals surface area contributed by atoms with E-state index in [1.807, 2.05) is 54.7 Å². The van der Waals surface area contributed by atoms with E-state index in [1.165, 1.54) is 10.9 Å². The summed E-state index contributed by atoms with van der Waals surface area (Å²) < 4.78 is 8.60. The molecule has 0 atom stereocenters. The molecule has 7 aromatic carbocycles. The molecule has 0 aliphatic heterocycles. The van der Waals surface area contributed by atoms with Crippen molar-refractivity contribution in [3.63, 3.8) is 0 Å². The summed E-state index contributed by atoms with van der Waals surface area (Å²) in [5.41, 5.74) is 10.4. The molecule has 0 saturated heterocycles. The molecule has 3 heterocycles. The molecule has 3 aromatic heterocycles. The molecule has 0 unspecified atom stereocenters. The van der Waals surface area contributed by atoms with Crippen LogP contribution in [0.4, 0.5) is 0 Å². The number of benzene rings is 7. The zero-order chi connectivity index (χ0) is 36.4. The van der Waals surface area contributed by atoms with Gasteiger partial charge in [0, 0.05) is 54.8 Å². The van der Waals surface area contributed by atoms with Crippen molar-refractivity contribution < 1.29 is 30.6 Å². The number of hydrogen-bond donors (Lipinski definition) is 1. The Labute approximate surface area is 332 Å². The summed E-state index contributed by atoms with van der Waals surface area (Å²) in [5, 5.41) is 15.4. The van der Waals surface area contributed by atoms with Crippen molar-refractivity contribution in [1.82, 2.24) is 14.5 Å². The third-order valence-electron chi connectivity index (χ3n) is 10.7. The van der Waals surface area contributed by atoms with Gasteiger partial charge in [0.2, 0.25) is 0 Å². The fraction of sp³-hybridized carbons (Fsp3) is 0.0612. The summed E-state index contributed by atoms with van der Waals surface area (Å²) in [5.74, 6) is 0.833. The monoisotopic (exact) mass is 891 g/mol. The molecule has 10 rings (SSSR count). The third-order valence-corrected chi connectivity index (χ3v) is 10.7. The molecular formula is C49H34N3O2Pt-. The van der Waals surface area contributed by atoms with Gasteiger partial charge in [-0.15, -0.1) is 29.3 Å². The molecule has 1 N–H and O–H groups in total. The van der Waals surface area contributed by atoms with Gasteiger partial charge in [-0.05, 0) is 64.9 Å². The van der Waals surface area contributed by atoms with Gasteiger partial charge in [0.05, 0.1) is 16.6 Å². The second-order valence-corrected chi connectivity index (χ2v) is 14.3. The Morgan fingerprint density at radius 1 is 0.618 bits per heavy atom. The molecule has 0 aliphatic carbocycles. The van der Waals surface area contributed by atoms with E-state index < -0.39 is 0 Å². The average molecular weight is 892 g/mol. The zero-order valence-corrected chi connectivity index (χ0v) is 32.4. The standard InChI is InChI=1S/C49H34N3O2.Pt/c1-49(2,35-16-5-3-6-17-35)36-25-33(24-34(26-36)42-29-46-41(30-50-42)40-27-31-14-9-10-15-32(31)28-45(40)54-46)38-21-13-22-43-47(38)51-48(39-20-11-12-23-44(39)53)52(43)37-18-7-4-8-19-37;/h3-23,25-30,53H,1-2H3;/q-1;. The second kappa shape index (κ2) is 13.5. The number of phenolic OH excluding ortho intramolecular Hbond substituents is 1. The molecule has 0 saturated carbocycles. The van der Waals surface area contributed by atoms with Crippen molar-refractivity contribution in [3.05, 3.63) is 181 Å². The Morgan fingerprint density at radius 3 is 2.05 bits per heavy atom. The van der Waals surface area contributed by atoms with Crippen LogP contribution in [0.15, 0.2) is 168 Å². The van der Waals surface area contributed by atoms with Crippen LogP contribution in [0.3, 0.4) is 0 Å². The van der Waals surface area contributed by atoms with Gasteiger partial charge in [0.25, 0.3) is 0 Å². The van der Waals surface area contributed by atoms with Crippen LogP contribution in [0, 0.1) is 6.07 Å². The number of para-hydroxylation sites is 3. The number of aromatic hydroxyl groups is 1. The minimum absolute atomic E-state index is 0. The van der Waals surface area contributed by atoms with Gasteiger partial charge in [-0.3, -0.25) is 9.55 Å². The first-order chi connectivity index (χ1) is 26.4. The summed E-state index contributed by atoms with van der Waals surface area (Å²) >= 11 is 0. The molecule has 5 nitrogen and oxygen atoms in total. The number of rotatable bonds is 6. The van der Waals surface area contributed by atoms with E-state index in [-0.39, 0.29) is 32.2 Å². The molecule has 0 spiro atoms. The van der Waals surface area contributed by atoms with E-state index in [9.17, 15) is 5.11 Å². The maximum Gasteiger partial charge on any atom is 0.148 e. The fourth-order valence-corrected chi connectivity index (χ4v) is 7.74. The van der Waals surface area contributed by atoms with E-state index in [0.717, 1.165) is 72.0 Å². The first-order valence-electron chi connectivity index (χ1n) is 18.1. The maximum atomic E-state index is 11.0. The Bertz CT molecular complexity index is 3040. The summed E-state index contributed by atoms with van der Waals surface area (Å²) in [6, 6.07) is 57.3. The van der Waals surface area contributed by atoms with Gasteiger partial charge in [-0.25, -0.2) is 4.98 Å². The fourth-order valence-electron chi connectivity index (χ4n) is 7.74. The molecule has 0 radical (unpaired) electrons. The van der Waals surface area contributed by atoms with Crippen LogP contribution in [0.1, 0.15) is 25.0 Å². The van der Waals surface area contributed by atoms with Crippen molar-refractivity contribution in [3.8, 4) is 45.2 Å². The number of imidazole rings is 1. The Kier molecular flexibility index (Phi) is 8.48. The molecule has 55 heavy (non-hydrogen) atoms. The van der Waals surface area contributed by atoms with E-state index in [0.29, 0.717) is 11.4 Å². The third kappa shape index (κ3) is 5.83. The molecule has 0 aliphatic rings. The molecule has 268 valence electrons. The number of fused-ring (bicyclic) bond motifs is 5. The van der Waals surface area contributed by atoms with Crippen molar-refractivity contribution in [2.45, 2.75) is 19.3 Å². The number of phenols is 1. The summed E-state index contributed by atoms with van der Waals surface area (Å²) in [6.45, 7) is 4.51. The van der Waals surface area contributed by atoms with Crippen LogP contribution < -0.4 is 0 Å². The van der Waals surface area contributed by atoms with Gasteiger partial charge >= 0.3 is 0 Å².